The molecule has 0 saturated carbocycles. The number of carbonyl (C=O) groups excluding carboxylic acids is 1. The molecule has 0 heterocycles. The number of amides is 1. The summed E-state index contributed by atoms with van der Waals surface area (Å²) in [5.74, 6) is 0.760. The molecule has 0 fully saturated rings. The molecule has 5 heteroatoms. The number of hydrogen-bond acceptors (Lipinski definition) is 3. The zero-order valence-electron chi connectivity index (χ0n) is 23.4. The van der Waals surface area contributed by atoms with Gasteiger partial charge in [0, 0.05) is 0 Å². The van der Waals surface area contributed by atoms with E-state index in [-0.39, 0.29) is 10.8 Å². The summed E-state index contributed by atoms with van der Waals surface area (Å²) in [6, 6.07) is 0. The van der Waals surface area contributed by atoms with Gasteiger partial charge in [-0.15, -0.1) is 0 Å². The second kappa shape index (κ2) is 16.2. The predicted molar refractivity (Wildman–Crippen MR) is 148 cm³/mol. The standard InChI is InChI=1S/C15H30NO2S.3C4H9.Sn/c1-8-9-10-11-16(12-19-15(5,6)7)13(17)18-14(2,3)4;3*1-3-4-2;/h11H,8-10,12H2,1-7H3;3*1,3-4H2,2H3;. The van der Waals surface area contributed by atoms with Crippen LogP contribution in [0.4, 0.5) is 4.79 Å². The van der Waals surface area contributed by atoms with Crippen molar-refractivity contribution in [2.24, 2.45) is 0 Å². The molecule has 0 saturated heterocycles. The van der Waals surface area contributed by atoms with Gasteiger partial charge in [-0.2, -0.15) is 0 Å². The molecule has 0 rings (SSSR count). The second-order valence-electron chi connectivity index (χ2n) is 11.7. The zero-order chi connectivity index (χ0) is 24.8. The number of rotatable bonds is 16. The fourth-order valence-corrected chi connectivity index (χ4v) is 24.5. The van der Waals surface area contributed by atoms with Crippen LogP contribution in [-0.4, -0.2) is 49.7 Å². The van der Waals surface area contributed by atoms with Crippen molar-refractivity contribution >= 4 is 36.2 Å². The zero-order valence-corrected chi connectivity index (χ0v) is 27.1. The summed E-state index contributed by atoms with van der Waals surface area (Å²) in [5, 5.41) is 0. The molecular formula is C27H57NO2SSn. The SMILES string of the molecule is CCCC[CH](N(CSC(C)(C)C)C(=O)OC(C)(C)C)[Sn]([CH2]CCC)([CH2]CCC)[CH2]CCC. The molecule has 0 aliphatic rings. The molecule has 0 spiro atoms. The number of unbranched alkanes of at least 4 members (excludes halogenated alkanes) is 4. The molecule has 1 unspecified atom stereocenters. The average molecular weight is 579 g/mol. The molecule has 0 bridgehead atoms. The summed E-state index contributed by atoms with van der Waals surface area (Å²) in [5.41, 5.74) is -0.453. The number of carbonyl (C=O) groups is 1. The van der Waals surface area contributed by atoms with Gasteiger partial charge in [0.2, 0.25) is 0 Å². The Balaban J connectivity index is 6.38. The molecule has 1 amide bonds. The first-order valence-corrected chi connectivity index (χ1v) is 22.2. The molecule has 0 N–H and O–H groups in total. The summed E-state index contributed by atoms with van der Waals surface area (Å²) in [6.07, 6.45) is 11.3. The van der Waals surface area contributed by atoms with Crippen LogP contribution in [0.5, 0.6) is 0 Å². The molecule has 192 valence electrons. The predicted octanol–water partition coefficient (Wildman–Crippen LogP) is 9.66. The van der Waals surface area contributed by atoms with Gasteiger partial charge in [-0.25, -0.2) is 0 Å². The van der Waals surface area contributed by atoms with Crippen molar-refractivity contribution in [1.82, 2.24) is 4.90 Å². The first-order valence-electron chi connectivity index (χ1n) is 13.5. The first-order chi connectivity index (χ1) is 14.9. The molecule has 0 aliphatic carbocycles. The molecule has 3 nitrogen and oxygen atoms in total. The van der Waals surface area contributed by atoms with Gasteiger partial charge in [-0.1, -0.05) is 0 Å². The van der Waals surface area contributed by atoms with Crippen molar-refractivity contribution in [2.75, 3.05) is 5.88 Å². The van der Waals surface area contributed by atoms with Crippen LogP contribution < -0.4 is 0 Å². The Morgan fingerprint density at radius 2 is 1.25 bits per heavy atom. The van der Waals surface area contributed by atoms with Gasteiger partial charge >= 0.3 is 211 Å². The van der Waals surface area contributed by atoms with E-state index in [0.717, 1.165) is 5.88 Å². The molecule has 1 atom stereocenters. The fourth-order valence-electron chi connectivity index (χ4n) is 4.51. The monoisotopic (exact) mass is 579 g/mol. The van der Waals surface area contributed by atoms with Crippen molar-refractivity contribution in [2.45, 2.75) is 155 Å². The molecule has 0 aromatic carbocycles. The van der Waals surface area contributed by atoms with Gasteiger partial charge < -0.3 is 0 Å². The van der Waals surface area contributed by atoms with Gasteiger partial charge in [-0.3, -0.25) is 0 Å². The minimum absolute atomic E-state index is 0.0686. The van der Waals surface area contributed by atoms with E-state index in [9.17, 15) is 4.79 Å². The van der Waals surface area contributed by atoms with Crippen molar-refractivity contribution in [1.29, 1.82) is 0 Å². The Morgan fingerprint density at radius 3 is 1.59 bits per heavy atom. The Labute approximate surface area is 210 Å². The maximum atomic E-state index is 13.7. The summed E-state index contributed by atoms with van der Waals surface area (Å²) in [7, 11) is 0. The van der Waals surface area contributed by atoms with E-state index in [0.29, 0.717) is 4.06 Å². The van der Waals surface area contributed by atoms with E-state index < -0.39 is 24.0 Å². The number of nitrogens with zero attached hydrogens (tertiary/aromatic N) is 1. The second-order valence-corrected chi connectivity index (χ2v) is 27.4. The molecule has 0 aromatic rings. The Hall–Kier alpha value is 0.419. The van der Waals surface area contributed by atoms with Gasteiger partial charge in [0.25, 0.3) is 0 Å². The maximum absolute atomic E-state index is 13.7. The quantitative estimate of drug-likeness (QED) is 0.135. The van der Waals surface area contributed by atoms with Crippen LogP contribution in [0, 0.1) is 0 Å². The number of thioether (sulfide) groups is 1. The van der Waals surface area contributed by atoms with Crippen molar-refractivity contribution in [3.63, 3.8) is 0 Å². The van der Waals surface area contributed by atoms with E-state index in [1.54, 1.807) is 0 Å². The van der Waals surface area contributed by atoms with E-state index >= 15 is 0 Å². The summed E-state index contributed by atoms with van der Waals surface area (Å²) >= 11 is -0.779. The molecule has 0 radical (unpaired) electrons. The summed E-state index contributed by atoms with van der Waals surface area (Å²) in [6.45, 7) is 22.1. The van der Waals surface area contributed by atoms with E-state index in [1.165, 1.54) is 71.1 Å². The number of hydrogen-bond donors (Lipinski definition) is 0. The third kappa shape index (κ3) is 13.3. The van der Waals surface area contributed by atoms with Crippen molar-refractivity contribution < 1.29 is 9.53 Å². The third-order valence-electron chi connectivity index (χ3n) is 6.26. The number of ether oxygens (including phenoxy) is 1. The average Bonchev–Trinajstić information content (AvgIpc) is 2.68. The molecule has 32 heavy (non-hydrogen) atoms. The van der Waals surface area contributed by atoms with Crippen LogP contribution in [0.15, 0.2) is 0 Å². The van der Waals surface area contributed by atoms with Crippen molar-refractivity contribution in [3.8, 4) is 0 Å². The molecular weight excluding hydrogens is 521 g/mol. The summed E-state index contributed by atoms with van der Waals surface area (Å²) in [4.78, 5) is 15.9. The normalized spacial score (nSPS) is 13.8. The van der Waals surface area contributed by atoms with Crippen LogP contribution in [-0.2, 0) is 4.74 Å². The summed E-state index contributed by atoms with van der Waals surface area (Å²) < 4.78 is 10.9. The van der Waals surface area contributed by atoms with Crippen LogP contribution >= 0.6 is 11.8 Å². The Kier molecular flexibility index (Phi) is 16.4. The Bertz CT molecular complexity index is 477. The van der Waals surface area contributed by atoms with Crippen molar-refractivity contribution in [3.05, 3.63) is 0 Å². The first kappa shape index (κ1) is 32.4. The van der Waals surface area contributed by atoms with Crippen LogP contribution in [0.25, 0.3) is 0 Å². The minimum atomic E-state index is -2.68. The topological polar surface area (TPSA) is 29.5 Å². The van der Waals surface area contributed by atoms with Gasteiger partial charge in [0.05, 0.1) is 0 Å². The van der Waals surface area contributed by atoms with Gasteiger partial charge in [0.15, 0.2) is 0 Å². The molecule has 0 aliphatic heterocycles. The molecule has 0 aromatic heterocycles. The van der Waals surface area contributed by atoms with Crippen LogP contribution in [0.1, 0.15) is 127 Å². The van der Waals surface area contributed by atoms with Gasteiger partial charge in [0.1, 0.15) is 0 Å². The van der Waals surface area contributed by atoms with E-state index in [4.69, 9.17) is 4.74 Å². The van der Waals surface area contributed by atoms with Crippen LogP contribution in [0.3, 0.4) is 0 Å². The third-order valence-corrected chi connectivity index (χ3v) is 24.8. The van der Waals surface area contributed by atoms with Gasteiger partial charge in [-0.05, 0) is 0 Å². The fraction of sp³-hybridized carbons (Fsp3) is 0.963. The van der Waals surface area contributed by atoms with Crippen LogP contribution in [0.2, 0.25) is 13.3 Å². The Morgan fingerprint density at radius 1 is 0.812 bits per heavy atom. The van der Waals surface area contributed by atoms with E-state index in [1.807, 2.05) is 32.5 Å². The van der Waals surface area contributed by atoms with E-state index in [2.05, 4.69) is 53.4 Å².